The Hall–Kier alpha value is -2.99. The third-order valence-electron chi connectivity index (χ3n) is 4.17. The highest BCUT2D eigenvalue weighted by molar-refractivity contribution is 6.31. The molecule has 0 unspecified atom stereocenters. The summed E-state index contributed by atoms with van der Waals surface area (Å²) in [5.41, 5.74) is 1.33. The molecule has 0 spiro atoms. The first-order valence-electron chi connectivity index (χ1n) is 8.88. The van der Waals surface area contributed by atoms with E-state index in [0.29, 0.717) is 34.5 Å². The Morgan fingerprint density at radius 3 is 2.68 bits per heavy atom. The molecule has 1 aromatic heterocycles. The second-order valence-corrected chi connectivity index (χ2v) is 6.86. The molecule has 1 N–H and O–H groups in total. The third kappa shape index (κ3) is 4.46. The molecule has 1 heterocycles. The molecule has 0 aliphatic carbocycles. The van der Waals surface area contributed by atoms with E-state index in [4.69, 9.17) is 21.1 Å². The van der Waals surface area contributed by atoms with Crippen LogP contribution in [0.15, 0.2) is 54.7 Å². The predicted octanol–water partition coefficient (Wildman–Crippen LogP) is 4.96. The summed E-state index contributed by atoms with van der Waals surface area (Å²) in [5.74, 6) is 1.39. The maximum atomic E-state index is 12.6. The maximum Gasteiger partial charge on any atom is 0.256 e. The fourth-order valence-corrected chi connectivity index (χ4v) is 2.90. The SMILES string of the molecule is COc1cc(C(=O)Nc2ccnn2C(C)C)ccc1OCc1ccccc1Cl. The summed E-state index contributed by atoms with van der Waals surface area (Å²) in [6, 6.07) is 14.4. The van der Waals surface area contributed by atoms with Gasteiger partial charge in [0.25, 0.3) is 5.91 Å². The summed E-state index contributed by atoms with van der Waals surface area (Å²) in [4.78, 5) is 12.6. The number of hydrogen-bond donors (Lipinski definition) is 1. The van der Waals surface area contributed by atoms with E-state index in [-0.39, 0.29) is 11.9 Å². The molecule has 0 aliphatic rings. The van der Waals surface area contributed by atoms with E-state index < -0.39 is 0 Å². The summed E-state index contributed by atoms with van der Waals surface area (Å²) < 4.78 is 13.0. The normalized spacial score (nSPS) is 10.8. The minimum atomic E-state index is -0.252. The van der Waals surface area contributed by atoms with Gasteiger partial charge >= 0.3 is 0 Å². The third-order valence-corrected chi connectivity index (χ3v) is 4.54. The molecule has 2 aromatic carbocycles. The van der Waals surface area contributed by atoms with Crippen molar-refractivity contribution in [3.63, 3.8) is 0 Å². The van der Waals surface area contributed by atoms with E-state index >= 15 is 0 Å². The monoisotopic (exact) mass is 399 g/mol. The van der Waals surface area contributed by atoms with Crippen molar-refractivity contribution in [2.75, 3.05) is 12.4 Å². The van der Waals surface area contributed by atoms with Gasteiger partial charge in [-0.25, -0.2) is 4.68 Å². The summed E-state index contributed by atoms with van der Waals surface area (Å²) in [7, 11) is 1.53. The lowest BCUT2D eigenvalue weighted by Crippen LogP contribution is -2.16. The first kappa shape index (κ1) is 19.8. The number of anilines is 1. The van der Waals surface area contributed by atoms with Crippen LogP contribution in [0.1, 0.15) is 35.8 Å². The van der Waals surface area contributed by atoms with Crippen LogP contribution < -0.4 is 14.8 Å². The molecule has 1 amide bonds. The van der Waals surface area contributed by atoms with Crippen LogP contribution in [0.5, 0.6) is 11.5 Å². The van der Waals surface area contributed by atoms with Gasteiger partial charge in [0.15, 0.2) is 11.5 Å². The average Bonchev–Trinajstić information content (AvgIpc) is 3.15. The zero-order valence-electron chi connectivity index (χ0n) is 16.0. The van der Waals surface area contributed by atoms with Crippen molar-refractivity contribution in [3.8, 4) is 11.5 Å². The summed E-state index contributed by atoms with van der Waals surface area (Å²) in [5, 5.41) is 7.73. The Balaban J connectivity index is 1.74. The molecule has 0 atom stereocenters. The van der Waals surface area contributed by atoms with Crippen LogP contribution >= 0.6 is 11.6 Å². The van der Waals surface area contributed by atoms with Crippen LogP contribution in [0.25, 0.3) is 0 Å². The molecule has 0 fully saturated rings. The Kier molecular flexibility index (Phi) is 6.21. The van der Waals surface area contributed by atoms with E-state index in [2.05, 4.69) is 10.4 Å². The van der Waals surface area contributed by atoms with Gasteiger partial charge in [0.05, 0.1) is 13.3 Å². The fourth-order valence-electron chi connectivity index (χ4n) is 2.71. The maximum absolute atomic E-state index is 12.6. The second-order valence-electron chi connectivity index (χ2n) is 6.45. The Morgan fingerprint density at radius 1 is 1.18 bits per heavy atom. The molecular weight excluding hydrogens is 378 g/mol. The molecule has 7 heteroatoms. The highest BCUT2D eigenvalue weighted by Gasteiger charge is 2.14. The lowest BCUT2D eigenvalue weighted by atomic mass is 10.2. The minimum Gasteiger partial charge on any atom is -0.493 e. The number of halogens is 1. The Morgan fingerprint density at radius 2 is 1.96 bits per heavy atom. The number of methoxy groups -OCH3 is 1. The minimum absolute atomic E-state index is 0.139. The molecule has 28 heavy (non-hydrogen) atoms. The smallest absolute Gasteiger partial charge is 0.256 e. The molecule has 0 radical (unpaired) electrons. The number of carbonyl (C=O) groups excluding carboxylic acids is 1. The quantitative estimate of drug-likeness (QED) is 0.610. The number of benzene rings is 2. The van der Waals surface area contributed by atoms with Gasteiger partial charge < -0.3 is 14.8 Å². The van der Waals surface area contributed by atoms with E-state index in [1.54, 1.807) is 35.1 Å². The van der Waals surface area contributed by atoms with Gasteiger partial charge in [0.1, 0.15) is 12.4 Å². The predicted molar refractivity (Wildman–Crippen MR) is 109 cm³/mol. The van der Waals surface area contributed by atoms with Crippen molar-refractivity contribution in [2.24, 2.45) is 0 Å². The van der Waals surface area contributed by atoms with Crippen molar-refractivity contribution in [1.82, 2.24) is 9.78 Å². The van der Waals surface area contributed by atoms with Crippen molar-refractivity contribution < 1.29 is 14.3 Å². The van der Waals surface area contributed by atoms with Crippen molar-refractivity contribution in [2.45, 2.75) is 26.5 Å². The molecule has 0 saturated carbocycles. The van der Waals surface area contributed by atoms with Gasteiger partial charge in [-0.1, -0.05) is 29.8 Å². The number of aromatic nitrogens is 2. The number of carbonyl (C=O) groups is 1. The standard InChI is InChI=1S/C21H22ClN3O3/c1-14(2)25-20(10-11-23-25)24-21(26)15-8-9-18(19(12-15)27-3)28-13-16-6-4-5-7-17(16)22/h4-12,14H,13H2,1-3H3,(H,24,26). The van der Waals surface area contributed by atoms with E-state index in [1.807, 2.05) is 38.1 Å². The van der Waals surface area contributed by atoms with Crippen LogP contribution in [0.4, 0.5) is 5.82 Å². The Labute approximate surface area is 169 Å². The fraction of sp³-hybridized carbons (Fsp3) is 0.238. The number of nitrogens with zero attached hydrogens (tertiary/aromatic N) is 2. The van der Waals surface area contributed by atoms with Gasteiger partial charge in [-0.15, -0.1) is 0 Å². The van der Waals surface area contributed by atoms with Gasteiger partial charge in [-0.3, -0.25) is 4.79 Å². The van der Waals surface area contributed by atoms with Crippen LogP contribution in [0, 0.1) is 0 Å². The van der Waals surface area contributed by atoms with Crippen molar-refractivity contribution >= 4 is 23.3 Å². The topological polar surface area (TPSA) is 65.4 Å². The van der Waals surface area contributed by atoms with Gasteiger partial charge in [0, 0.05) is 28.3 Å². The Bertz CT molecular complexity index is 969. The van der Waals surface area contributed by atoms with Crippen LogP contribution in [0.3, 0.4) is 0 Å². The summed E-state index contributed by atoms with van der Waals surface area (Å²) >= 11 is 6.16. The van der Waals surface area contributed by atoms with E-state index in [1.165, 1.54) is 7.11 Å². The van der Waals surface area contributed by atoms with Gasteiger partial charge in [-0.05, 0) is 38.1 Å². The lowest BCUT2D eigenvalue weighted by Gasteiger charge is -2.14. The first-order valence-corrected chi connectivity index (χ1v) is 9.26. The molecular formula is C21H22ClN3O3. The highest BCUT2D eigenvalue weighted by atomic mass is 35.5. The van der Waals surface area contributed by atoms with E-state index in [9.17, 15) is 4.79 Å². The number of hydrogen-bond acceptors (Lipinski definition) is 4. The largest absolute Gasteiger partial charge is 0.493 e. The molecule has 0 aliphatic heterocycles. The van der Waals surface area contributed by atoms with Crippen LogP contribution in [0.2, 0.25) is 5.02 Å². The molecule has 0 saturated heterocycles. The van der Waals surface area contributed by atoms with Crippen LogP contribution in [-0.4, -0.2) is 22.8 Å². The van der Waals surface area contributed by atoms with Crippen molar-refractivity contribution in [1.29, 1.82) is 0 Å². The number of rotatable bonds is 7. The average molecular weight is 400 g/mol. The molecule has 0 bridgehead atoms. The van der Waals surface area contributed by atoms with Gasteiger partial charge in [0.2, 0.25) is 0 Å². The first-order chi connectivity index (χ1) is 13.5. The number of nitrogens with one attached hydrogen (secondary N) is 1. The van der Waals surface area contributed by atoms with Crippen LogP contribution in [-0.2, 0) is 6.61 Å². The molecule has 6 nitrogen and oxygen atoms in total. The molecule has 3 aromatic rings. The number of amides is 1. The second kappa shape index (κ2) is 8.80. The molecule has 3 rings (SSSR count). The number of ether oxygens (including phenoxy) is 2. The summed E-state index contributed by atoms with van der Waals surface area (Å²) in [6.45, 7) is 4.29. The lowest BCUT2D eigenvalue weighted by molar-refractivity contribution is 0.102. The summed E-state index contributed by atoms with van der Waals surface area (Å²) in [6.07, 6.45) is 1.65. The zero-order valence-corrected chi connectivity index (χ0v) is 16.7. The molecule has 146 valence electrons. The zero-order chi connectivity index (χ0) is 20.1. The van der Waals surface area contributed by atoms with E-state index in [0.717, 1.165) is 5.56 Å². The van der Waals surface area contributed by atoms with Crippen molar-refractivity contribution in [3.05, 3.63) is 70.9 Å². The highest BCUT2D eigenvalue weighted by Crippen LogP contribution is 2.30. The van der Waals surface area contributed by atoms with Gasteiger partial charge in [-0.2, -0.15) is 5.10 Å².